The second-order valence-corrected chi connectivity index (χ2v) is 9.89. The van der Waals surface area contributed by atoms with Gasteiger partial charge in [-0.2, -0.15) is 0 Å². The molecule has 0 spiro atoms. The highest BCUT2D eigenvalue weighted by Gasteiger charge is 2.41. The molecular weight excluding hydrogens is 525 g/mol. The maximum Gasteiger partial charge on any atom is 0.249 e. The van der Waals surface area contributed by atoms with E-state index in [4.69, 9.17) is 10.5 Å². The van der Waals surface area contributed by atoms with E-state index >= 15 is 0 Å². The third kappa shape index (κ3) is 6.21. The highest BCUT2D eigenvalue weighted by molar-refractivity contribution is 5.85. The summed E-state index contributed by atoms with van der Waals surface area (Å²) in [4.78, 5) is 19.2. The number of pyridine rings is 1. The van der Waals surface area contributed by atoms with E-state index in [9.17, 15) is 28.3 Å². The second-order valence-electron chi connectivity index (χ2n) is 9.89. The number of nitrogens with one attached hydrogen (secondary N) is 1. The molecule has 1 aliphatic rings. The zero-order chi connectivity index (χ0) is 28.9. The van der Waals surface area contributed by atoms with Gasteiger partial charge in [0, 0.05) is 37.3 Å². The van der Waals surface area contributed by atoms with E-state index < -0.39 is 34.9 Å². The van der Waals surface area contributed by atoms with Crippen molar-refractivity contribution in [3.8, 4) is 17.6 Å². The maximum absolute atomic E-state index is 13.9. The zero-order valence-electron chi connectivity index (χ0n) is 22.0. The van der Waals surface area contributed by atoms with Gasteiger partial charge in [-0.05, 0) is 61.1 Å². The largest absolute Gasteiger partial charge is 0.497 e. The van der Waals surface area contributed by atoms with Gasteiger partial charge in [-0.1, -0.05) is 11.8 Å². The number of nitrogens with two attached hydrogens (primary N) is 1. The average molecular weight is 557 g/mol. The van der Waals surface area contributed by atoms with Crippen LogP contribution in [0.2, 0.25) is 0 Å². The molecule has 1 aliphatic heterocycles. The molecule has 1 atom stereocenters. The fraction of sp³-hybridized carbons (Fsp3) is 0.379. The summed E-state index contributed by atoms with van der Waals surface area (Å²) in [5.41, 5.74) is 8.39. The quantitative estimate of drug-likeness (QED) is 0.145. The lowest BCUT2D eigenvalue weighted by Gasteiger charge is -2.40. The van der Waals surface area contributed by atoms with Gasteiger partial charge in [0.15, 0.2) is 11.6 Å². The van der Waals surface area contributed by atoms with E-state index in [1.165, 1.54) is 0 Å². The Hall–Kier alpha value is -3.69. The number of aliphatic hydroxyl groups is 1. The number of likely N-dealkylation sites (tertiary alicyclic amines) is 1. The number of aliphatic hydroxyl groups excluding tert-OH is 1. The summed E-state index contributed by atoms with van der Waals surface area (Å²) in [6.07, 6.45) is 1.92. The van der Waals surface area contributed by atoms with Crippen LogP contribution in [0, 0.1) is 34.7 Å². The van der Waals surface area contributed by atoms with Crippen LogP contribution in [0.25, 0.3) is 10.9 Å². The number of hydrogen-bond donors (Lipinski definition) is 4. The molecule has 11 heteroatoms. The minimum absolute atomic E-state index is 0.164. The molecule has 1 aromatic heterocycles. The molecule has 1 amide bonds. The van der Waals surface area contributed by atoms with Gasteiger partial charge in [0.1, 0.15) is 11.6 Å². The van der Waals surface area contributed by atoms with Crippen LogP contribution in [-0.2, 0) is 11.3 Å². The summed E-state index contributed by atoms with van der Waals surface area (Å²) >= 11 is 0. The van der Waals surface area contributed by atoms with Gasteiger partial charge < -0.3 is 15.6 Å². The Bertz CT molecular complexity index is 1440. The smallest absolute Gasteiger partial charge is 0.249 e. The average Bonchev–Trinajstić information content (AvgIpc) is 2.97. The molecule has 2 heterocycles. The summed E-state index contributed by atoms with van der Waals surface area (Å²) in [6, 6.07) is 6.66. The first kappa shape index (κ1) is 29.3. The summed E-state index contributed by atoms with van der Waals surface area (Å²) in [5, 5.41) is 21.5. The van der Waals surface area contributed by atoms with Crippen LogP contribution >= 0.6 is 0 Å². The highest BCUT2D eigenvalue weighted by Crippen LogP contribution is 2.40. The van der Waals surface area contributed by atoms with Crippen molar-refractivity contribution in [1.82, 2.24) is 15.4 Å². The van der Waals surface area contributed by atoms with Crippen molar-refractivity contribution >= 4 is 16.8 Å². The number of rotatable bonds is 8. The summed E-state index contributed by atoms with van der Waals surface area (Å²) in [6.45, 7) is 1.22. The fourth-order valence-corrected chi connectivity index (χ4v) is 5.22. The van der Waals surface area contributed by atoms with E-state index in [1.54, 1.807) is 37.0 Å². The third-order valence-electron chi connectivity index (χ3n) is 7.56. The zero-order valence-corrected chi connectivity index (χ0v) is 22.0. The monoisotopic (exact) mass is 556 g/mol. The lowest BCUT2D eigenvalue weighted by atomic mass is 9.73. The van der Waals surface area contributed by atoms with Crippen molar-refractivity contribution in [3.05, 3.63) is 70.7 Å². The number of hydrogen-bond acceptors (Lipinski definition) is 7. The number of carbonyl (C=O) groups excluding carboxylic acids is 1. The Morgan fingerprint density at radius 1 is 1.25 bits per heavy atom. The number of halogens is 3. The molecule has 8 nitrogen and oxygen atoms in total. The Kier molecular flexibility index (Phi) is 9.27. The lowest BCUT2D eigenvalue weighted by Crippen LogP contribution is -2.48. The number of nitrogens with zero attached hydrogens (tertiary/aromatic N) is 2. The topological polar surface area (TPSA) is 121 Å². The molecule has 0 aliphatic carbocycles. The van der Waals surface area contributed by atoms with Crippen LogP contribution in [0.3, 0.4) is 0 Å². The molecule has 1 unspecified atom stereocenters. The molecule has 1 saturated heterocycles. The van der Waals surface area contributed by atoms with Gasteiger partial charge in [-0.3, -0.25) is 19.9 Å². The van der Waals surface area contributed by atoms with Crippen LogP contribution in [0.15, 0.2) is 36.5 Å². The van der Waals surface area contributed by atoms with Crippen molar-refractivity contribution in [1.29, 1.82) is 0 Å². The normalized spacial score (nSPS) is 15.8. The minimum Gasteiger partial charge on any atom is -0.497 e. The van der Waals surface area contributed by atoms with E-state index in [1.807, 2.05) is 4.90 Å². The van der Waals surface area contributed by atoms with Crippen molar-refractivity contribution in [2.24, 2.45) is 11.1 Å². The van der Waals surface area contributed by atoms with E-state index in [0.717, 1.165) is 6.07 Å². The molecule has 0 bridgehead atoms. The van der Waals surface area contributed by atoms with Gasteiger partial charge in [0.25, 0.3) is 0 Å². The number of methoxy groups -OCH3 is 1. The Labute approximate surface area is 229 Å². The number of aromatic nitrogens is 1. The van der Waals surface area contributed by atoms with Crippen molar-refractivity contribution < 1.29 is 33.0 Å². The van der Waals surface area contributed by atoms with Crippen LogP contribution in [0.5, 0.6) is 5.75 Å². The molecule has 5 N–H and O–H groups in total. The standard InChI is InChI=1S/C29H31F3N4O4/c1-40-21-4-5-24-22(15-21)26(19(16-33)17-34-24)25(37)6-7-29(28(38)35-39)8-11-36(12-9-29)10-2-3-18-13-20(30)14-23(31)27(18)32/h4-5,13-15,17,25,37,39H,6-12,16,33H2,1H3,(H,35,38). The molecule has 0 radical (unpaired) electrons. The molecule has 3 aromatic rings. The predicted molar refractivity (Wildman–Crippen MR) is 142 cm³/mol. The van der Waals surface area contributed by atoms with Crippen molar-refractivity contribution in [3.63, 3.8) is 0 Å². The van der Waals surface area contributed by atoms with Crippen LogP contribution < -0.4 is 16.0 Å². The molecular formula is C29H31F3N4O4. The van der Waals surface area contributed by atoms with E-state index in [0.29, 0.717) is 59.8 Å². The van der Waals surface area contributed by atoms with Gasteiger partial charge >= 0.3 is 0 Å². The number of amides is 1. The lowest BCUT2D eigenvalue weighted by molar-refractivity contribution is -0.143. The first-order chi connectivity index (χ1) is 19.2. The van der Waals surface area contributed by atoms with Crippen molar-refractivity contribution in [2.75, 3.05) is 26.7 Å². The second kappa shape index (κ2) is 12.7. The van der Waals surface area contributed by atoms with Gasteiger partial charge in [-0.15, -0.1) is 0 Å². The van der Waals surface area contributed by atoms with Gasteiger partial charge in [0.05, 0.1) is 36.3 Å². The number of carbonyl (C=O) groups is 1. The Balaban J connectivity index is 1.47. The summed E-state index contributed by atoms with van der Waals surface area (Å²) < 4.78 is 46.0. The molecule has 0 saturated carbocycles. The molecule has 4 rings (SSSR count). The third-order valence-corrected chi connectivity index (χ3v) is 7.56. The number of benzene rings is 2. The van der Waals surface area contributed by atoms with E-state index in [2.05, 4.69) is 16.8 Å². The Morgan fingerprint density at radius 3 is 2.67 bits per heavy atom. The van der Waals surface area contributed by atoms with Gasteiger partial charge in [0.2, 0.25) is 5.91 Å². The Morgan fingerprint density at radius 2 is 2.00 bits per heavy atom. The summed E-state index contributed by atoms with van der Waals surface area (Å²) in [7, 11) is 1.55. The van der Waals surface area contributed by atoms with E-state index in [-0.39, 0.29) is 31.5 Å². The number of ether oxygens (including phenoxy) is 1. The number of hydroxylamine groups is 1. The molecule has 212 valence electrons. The molecule has 40 heavy (non-hydrogen) atoms. The number of fused-ring (bicyclic) bond motifs is 1. The fourth-order valence-electron chi connectivity index (χ4n) is 5.22. The minimum atomic E-state index is -1.30. The van der Waals surface area contributed by atoms with Crippen molar-refractivity contribution in [2.45, 2.75) is 38.3 Å². The molecule has 2 aromatic carbocycles. The van der Waals surface area contributed by atoms with Crippen LogP contribution in [0.4, 0.5) is 13.2 Å². The van der Waals surface area contributed by atoms with Crippen LogP contribution in [0.1, 0.15) is 48.5 Å². The predicted octanol–water partition coefficient (Wildman–Crippen LogP) is 3.57. The first-order valence-corrected chi connectivity index (χ1v) is 12.9. The molecule has 1 fully saturated rings. The summed E-state index contributed by atoms with van der Waals surface area (Å²) in [5.74, 6) is 1.84. The maximum atomic E-state index is 13.9. The van der Waals surface area contributed by atoms with Crippen LogP contribution in [-0.4, -0.2) is 52.8 Å². The van der Waals surface area contributed by atoms with Gasteiger partial charge in [-0.25, -0.2) is 18.7 Å². The SMILES string of the molecule is COc1ccc2ncc(CN)c(C(O)CCC3(C(=O)NO)CCN(CC#Cc4cc(F)cc(F)c4F)CC3)c2c1. The first-order valence-electron chi connectivity index (χ1n) is 12.9. The highest BCUT2D eigenvalue weighted by atomic mass is 19.2. The number of piperidine rings is 1.